The molecule has 2 bridgehead atoms. The van der Waals surface area contributed by atoms with E-state index in [1.165, 1.54) is 6.21 Å². The second kappa shape index (κ2) is 10.3. The highest BCUT2D eigenvalue weighted by Crippen LogP contribution is 2.37. The molecule has 7 rings (SSSR count). The Bertz CT molecular complexity index is 1710. The predicted octanol–water partition coefficient (Wildman–Crippen LogP) is 4.06. The van der Waals surface area contributed by atoms with Crippen molar-refractivity contribution in [2.45, 2.75) is 25.0 Å². The van der Waals surface area contributed by atoms with Crippen LogP contribution in [-0.2, 0) is 6.54 Å². The molecule has 40 heavy (non-hydrogen) atoms. The lowest BCUT2D eigenvalue weighted by Gasteiger charge is -2.56. The lowest BCUT2D eigenvalue weighted by Crippen LogP contribution is -2.68. The van der Waals surface area contributed by atoms with Gasteiger partial charge in [-0.1, -0.05) is 18.1 Å². The van der Waals surface area contributed by atoms with E-state index in [2.05, 4.69) is 32.2 Å². The zero-order chi connectivity index (χ0) is 27.8. The standard InChI is InChI=1S/C31H27FN8/c1-3-20-5-4-6-22(30(20)32)16-39-26-10-27(39)19-38(18-26)29-8-7-21(14-36-29)28-9-23(24(11-33)13-35-2)17-40-31(28)25(12-34)15-37-40/h1,4-9,11,13-15,17,26-27,33,35H,10,16,18-19H2,2H3/b24-13+,33-11?. The molecule has 2 N–H and O–H groups in total. The molecule has 2 atom stereocenters. The number of terminal acetylenes is 1. The average Bonchev–Trinajstić information content (AvgIpc) is 3.42. The zero-order valence-electron chi connectivity index (χ0n) is 22.0. The van der Waals surface area contributed by atoms with E-state index >= 15 is 0 Å². The normalized spacial score (nSPS) is 18.6. The summed E-state index contributed by atoms with van der Waals surface area (Å²) in [4.78, 5) is 9.43. The number of piperazine rings is 1. The number of allylic oxidation sites excluding steroid dienone is 1. The van der Waals surface area contributed by atoms with Gasteiger partial charge in [-0.2, -0.15) is 10.4 Å². The number of benzene rings is 1. The molecular formula is C31H27FN8. The van der Waals surface area contributed by atoms with E-state index in [4.69, 9.17) is 16.8 Å². The topological polar surface area (TPSA) is 96.3 Å². The number of nitrogens with zero attached hydrogens (tertiary/aromatic N) is 6. The number of rotatable bonds is 7. The molecule has 3 aromatic heterocycles. The van der Waals surface area contributed by atoms with Crippen LogP contribution < -0.4 is 10.2 Å². The van der Waals surface area contributed by atoms with Crippen LogP contribution in [0, 0.1) is 34.9 Å². The summed E-state index contributed by atoms with van der Waals surface area (Å²) < 4.78 is 16.4. The third-order valence-electron chi connectivity index (χ3n) is 7.84. The Balaban J connectivity index is 1.24. The molecular weight excluding hydrogens is 503 g/mol. The first-order valence-electron chi connectivity index (χ1n) is 13.1. The maximum absolute atomic E-state index is 14.7. The Morgan fingerprint density at radius 2 is 2.05 bits per heavy atom. The number of pyridine rings is 2. The SMILES string of the molecule is C#Cc1cccc(CN2C3CC2CN(c2ccc(-c4cc(/C(C=N)=C/NC)cn5ncc(C#N)c45)cn2)C3)c1F. The second-order valence-electron chi connectivity index (χ2n) is 10.1. The first kappa shape index (κ1) is 25.3. The van der Waals surface area contributed by atoms with Crippen LogP contribution in [0.3, 0.4) is 0 Å². The highest BCUT2D eigenvalue weighted by molar-refractivity contribution is 6.08. The highest BCUT2D eigenvalue weighted by Gasteiger charge is 2.45. The molecule has 3 fully saturated rings. The largest absolute Gasteiger partial charge is 0.393 e. The van der Waals surface area contributed by atoms with Crippen molar-refractivity contribution in [3.05, 3.63) is 89.3 Å². The number of halogens is 1. The van der Waals surface area contributed by atoms with Gasteiger partial charge in [0.1, 0.15) is 17.7 Å². The van der Waals surface area contributed by atoms with Gasteiger partial charge < -0.3 is 15.6 Å². The fourth-order valence-electron chi connectivity index (χ4n) is 5.82. The van der Waals surface area contributed by atoms with Crippen molar-refractivity contribution in [3.8, 4) is 29.5 Å². The van der Waals surface area contributed by atoms with E-state index in [1.54, 1.807) is 30.0 Å². The minimum Gasteiger partial charge on any atom is -0.393 e. The second-order valence-corrected chi connectivity index (χ2v) is 10.1. The fourth-order valence-corrected chi connectivity index (χ4v) is 5.82. The monoisotopic (exact) mass is 530 g/mol. The summed E-state index contributed by atoms with van der Waals surface area (Å²) in [6.45, 7) is 2.19. The number of hydrogen-bond donors (Lipinski definition) is 2. The van der Waals surface area contributed by atoms with Crippen LogP contribution in [0.25, 0.3) is 22.2 Å². The van der Waals surface area contributed by atoms with Gasteiger partial charge in [0, 0.05) is 91.4 Å². The van der Waals surface area contributed by atoms with Gasteiger partial charge in [-0.15, -0.1) is 6.42 Å². The molecule has 0 radical (unpaired) electrons. The summed E-state index contributed by atoms with van der Waals surface area (Å²) in [6, 6.07) is 14.1. The van der Waals surface area contributed by atoms with Gasteiger partial charge in [0.05, 0.1) is 22.8 Å². The molecule has 198 valence electrons. The van der Waals surface area contributed by atoms with Gasteiger partial charge in [0.15, 0.2) is 0 Å². The van der Waals surface area contributed by atoms with E-state index < -0.39 is 0 Å². The Labute approximate surface area is 231 Å². The minimum atomic E-state index is -0.297. The van der Waals surface area contributed by atoms with E-state index in [0.29, 0.717) is 46.4 Å². The van der Waals surface area contributed by atoms with Crippen molar-refractivity contribution < 1.29 is 4.39 Å². The van der Waals surface area contributed by atoms with Crippen molar-refractivity contribution in [3.63, 3.8) is 0 Å². The van der Waals surface area contributed by atoms with Crippen molar-refractivity contribution in [2.75, 3.05) is 25.0 Å². The molecule has 6 heterocycles. The first-order chi connectivity index (χ1) is 19.5. The van der Waals surface area contributed by atoms with Crippen LogP contribution in [0.15, 0.2) is 61.2 Å². The van der Waals surface area contributed by atoms with Gasteiger partial charge in [-0.3, -0.25) is 4.90 Å². The van der Waals surface area contributed by atoms with E-state index in [0.717, 1.165) is 42.0 Å². The maximum atomic E-state index is 14.7. The Morgan fingerprint density at radius 3 is 2.73 bits per heavy atom. The number of anilines is 1. The van der Waals surface area contributed by atoms with Gasteiger partial charge in [0.25, 0.3) is 0 Å². The molecule has 2 unspecified atom stereocenters. The van der Waals surface area contributed by atoms with E-state index in [-0.39, 0.29) is 5.82 Å². The third kappa shape index (κ3) is 4.27. The third-order valence-corrected chi connectivity index (χ3v) is 7.84. The van der Waals surface area contributed by atoms with Crippen molar-refractivity contribution in [1.82, 2.24) is 24.8 Å². The van der Waals surface area contributed by atoms with Gasteiger partial charge >= 0.3 is 0 Å². The van der Waals surface area contributed by atoms with Gasteiger partial charge in [-0.25, -0.2) is 13.9 Å². The number of nitrogens with one attached hydrogen (secondary N) is 2. The van der Waals surface area contributed by atoms with Crippen LogP contribution in [0.2, 0.25) is 0 Å². The summed E-state index contributed by atoms with van der Waals surface area (Å²) in [7, 11) is 1.78. The van der Waals surface area contributed by atoms with Crippen LogP contribution in [0.5, 0.6) is 0 Å². The average molecular weight is 531 g/mol. The number of nitriles is 1. The van der Waals surface area contributed by atoms with E-state index in [9.17, 15) is 9.65 Å². The van der Waals surface area contributed by atoms with Crippen molar-refractivity contribution in [1.29, 1.82) is 10.7 Å². The lowest BCUT2D eigenvalue weighted by atomic mass is 9.86. The molecule has 0 spiro atoms. The van der Waals surface area contributed by atoms with Crippen molar-refractivity contribution in [2.24, 2.45) is 0 Å². The smallest absolute Gasteiger partial charge is 0.143 e. The number of fused-ring (bicyclic) bond motifs is 3. The molecule has 9 heteroatoms. The summed E-state index contributed by atoms with van der Waals surface area (Å²) in [5.41, 5.74) is 5.28. The molecule has 0 amide bonds. The predicted molar refractivity (Wildman–Crippen MR) is 153 cm³/mol. The molecule has 8 nitrogen and oxygen atoms in total. The lowest BCUT2D eigenvalue weighted by molar-refractivity contribution is -0.00946. The Kier molecular flexibility index (Phi) is 6.51. The van der Waals surface area contributed by atoms with Crippen molar-refractivity contribution >= 4 is 23.1 Å². The van der Waals surface area contributed by atoms with Crippen LogP contribution in [0.4, 0.5) is 10.2 Å². The molecule has 3 saturated heterocycles. The molecule has 0 aliphatic carbocycles. The molecule has 3 aliphatic rings. The van der Waals surface area contributed by atoms with E-state index in [1.807, 2.05) is 42.7 Å². The quantitative estimate of drug-likeness (QED) is 0.276. The van der Waals surface area contributed by atoms with Crippen LogP contribution >= 0.6 is 0 Å². The molecule has 0 saturated carbocycles. The highest BCUT2D eigenvalue weighted by atomic mass is 19.1. The summed E-state index contributed by atoms with van der Waals surface area (Å²) >= 11 is 0. The summed E-state index contributed by atoms with van der Waals surface area (Å²) in [5, 5.41) is 24.9. The minimum absolute atomic E-state index is 0.297. The summed E-state index contributed by atoms with van der Waals surface area (Å²) in [5.74, 6) is 3.01. The van der Waals surface area contributed by atoms with Crippen LogP contribution in [-0.4, -0.2) is 57.9 Å². The zero-order valence-corrected chi connectivity index (χ0v) is 22.0. The van der Waals surface area contributed by atoms with Gasteiger partial charge in [0.2, 0.25) is 0 Å². The van der Waals surface area contributed by atoms with Gasteiger partial charge in [-0.05, 0) is 30.7 Å². The van der Waals surface area contributed by atoms with Crippen LogP contribution in [0.1, 0.15) is 28.7 Å². The Morgan fingerprint density at radius 1 is 1.23 bits per heavy atom. The Hall–Kier alpha value is -4.99. The molecule has 3 aliphatic heterocycles. The number of aromatic nitrogens is 3. The summed E-state index contributed by atoms with van der Waals surface area (Å²) in [6.07, 6.45) is 14.8. The fraction of sp³-hybridized carbons (Fsp3) is 0.226. The molecule has 4 aromatic rings. The first-order valence-corrected chi connectivity index (χ1v) is 13.1. The molecule has 1 aromatic carbocycles. The number of piperidine rings is 1. The maximum Gasteiger partial charge on any atom is 0.143 e. The number of hydrogen-bond acceptors (Lipinski definition) is 7.